The molecule has 2 amide bonds. The molecule has 0 radical (unpaired) electrons. The van der Waals surface area contributed by atoms with Gasteiger partial charge in [0.2, 0.25) is 0 Å². The summed E-state index contributed by atoms with van der Waals surface area (Å²) in [5, 5.41) is 15.5. The topological polar surface area (TPSA) is 61.4 Å². The maximum Gasteiger partial charge on any atom is 0.319 e. The van der Waals surface area contributed by atoms with Crippen molar-refractivity contribution in [2.24, 2.45) is 0 Å². The molecule has 1 saturated carbocycles. The summed E-state index contributed by atoms with van der Waals surface area (Å²) in [5.74, 6) is 0.366. The molecule has 4 heteroatoms. The fourth-order valence-electron chi connectivity index (χ4n) is 2.90. The van der Waals surface area contributed by atoms with Crippen molar-refractivity contribution in [2.45, 2.75) is 64.5 Å². The summed E-state index contributed by atoms with van der Waals surface area (Å²) in [5.41, 5.74) is 3.15. The molecule has 1 fully saturated rings. The number of amides is 2. The number of aryl methyl sites for hydroxylation is 1. The second kappa shape index (κ2) is 6.94. The van der Waals surface area contributed by atoms with Crippen LogP contribution < -0.4 is 10.6 Å². The van der Waals surface area contributed by atoms with Gasteiger partial charge in [-0.05, 0) is 49.7 Å². The number of carbonyl (C=O) groups excluding carboxylic acids is 1. The van der Waals surface area contributed by atoms with Crippen molar-refractivity contribution in [1.82, 2.24) is 5.32 Å². The summed E-state index contributed by atoms with van der Waals surface area (Å²) in [6.45, 7) is 6.26. The third-order valence-corrected chi connectivity index (χ3v) is 4.20. The zero-order chi connectivity index (χ0) is 15.4. The standard InChI is InChI=1S/C17H26N2O2/c1-11(2)15-6-4-5-12(3)16(15)19-17(21)18-13-7-9-14(20)10-8-13/h4-6,11,13-14,20H,7-10H2,1-3H3,(H2,18,19,21). The Morgan fingerprint density at radius 2 is 1.90 bits per heavy atom. The fraction of sp³-hybridized carbons (Fsp3) is 0.588. The number of hydrogen-bond acceptors (Lipinski definition) is 2. The average Bonchev–Trinajstić information content (AvgIpc) is 2.43. The van der Waals surface area contributed by atoms with Gasteiger partial charge in [-0.1, -0.05) is 32.0 Å². The summed E-state index contributed by atoms with van der Waals surface area (Å²) >= 11 is 0. The minimum absolute atomic E-state index is 0.146. The Labute approximate surface area is 126 Å². The lowest BCUT2D eigenvalue weighted by Gasteiger charge is -2.26. The normalized spacial score (nSPS) is 22.1. The van der Waals surface area contributed by atoms with Gasteiger partial charge in [0.1, 0.15) is 0 Å². The lowest BCUT2D eigenvalue weighted by atomic mass is 9.93. The molecule has 1 aromatic rings. The van der Waals surface area contributed by atoms with Crippen LogP contribution in [0.2, 0.25) is 0 Å². The molecule has 0 heterocycles. The van der Waals surface area contributed by atoms with Crippen molar-refractivity contribution in [1.29, 1.82) is 0 Å². The van der Waals surface area contributed by atoms with Crippen molar-refractivity contribution in [2.75, 3.05) is 5.32 Å². The van der Waals surface area contributed by atoms with Crippen LogP contribution >= 0.6 is 0 Å². The van der Waals surface area contributed by atoms with E-state index in [0.717, 1.165) is 42.5 Å². The van der Waals surface area contributed by atoms with Gasteiger partial charge in [0, 0.05) is 11.7 Å². The number of urea groups is 1. The quantitative estimate of drug-likeness (QED) is 0.797. The summed E-state index contributed by atoms with van der Waals surface area (Å²) < 4.78 is 0. The predicted octanol–water partition coefficient (Wildman–Crippen LogP) is 3.54. The van der Waals surface area contributed by atoms with E-state index < -0.39 is 0 Å². The maximum absolute atomic E-state index is 12.2. The van der Waals surface area contributed by atoms with Gasteiger partial charge in [-0.15, -0.1) is 0 Å². The van der Waals surface area contributed by atoms with E-state index in [4.69, 9.17) is 0 Å². The smallest absolute Gasteiger partial charge is 0.319 e. The van der Waals surface area contributed by atoms with Crippen molar-refractivity contribution < 1.29 is 9.90 Å². The molecular weight excluding hydrogens is 264 g/mol. The van der Waals surface area contributed by atoms with E-state index in [1.54, 1.807) is 0 Å². The first-order chi connectivity index (χ1) is 9.97. The first-order valence-electron chi connectivity index (χ1n) is 7.82. The van der Waals surface area contributed by atoms with Gasteiger partial charge in [-0.25, -0.2) is 4.79 Å². The Bertz CT molecular complexity index is 492. The molecule has 1 aliphatic rings. The molecule has 0 aliphatic heterocycles. The number of carbonyl (C=O) groups is 1. The number of anilines is 1. The van der Waals surface area contributed by atoms with E-state index in [9.17, 15) is 9.90 Å². The van der Waals surface area contributed by atoms with Crippen LogP contribution in [0.5, 0.6) is 0 Å². The SMILES string of the molecule is Cc1cccc(C(C)C)c1NC(=O)NC1CCC(O)CC1. The van der Waals surface area contributed by atoms with Crippen LogP contribution in [0.25, 0.3) is 0 Å². The molecule has 0 spiro atoms. The molecule has 3 N–H and O–H groups in total. The fourth-order valence-corrected chi connectivity index (χ4v) is 2.90. The van der Waals surface area contributed by atoms with Crippen LogP contribution in [-0.4, -0.2) is 23.3 Å². The molecule has 0 saturated heterocycles. The van der Waals surface area contributed by atoms with E-state index in [1.807, 2.05) is 19.1 Å². The van der Waals surface area contributed by atoms with Crippen molar-refractivity contribution in [3.05, 3.63) is 29.3 Å². The number of aliphatic hydroxyl groups is 1. The molecule has 0 bridgehead atoms. The molecule has 0 aromatic heterocycles. The maximum atomic E-state index is 12.2. The van der Waals surface area contributed by atoms with Crippen LogP contribution in [0.15, 0.2) is 18.2 Å². The van der Waals surface area contributed by atoms with Crippen LogP contribution in [0.4, 0.5) is 10.5 Å². The highest BCUT2D eigenvalue weighted by molar-refractivity contribution is 5.91. The number of para-hydroxylation sites is 1. The van der Waals surface area contributed by atoms with Crippen LogP contribution in [0.1, 0.15) is 56.6 Å². The van der Waals surface area contributed by atoms with Gasteiger partial charge in [-0.2, -0.15) is 0 Å². The second-order valence-electron chi connectivity index (χ2n) is 6.30. The van der Waals surface area contributed by atoms with E-state index >= 15 is 0 Å². The third-order valence-electron chi connectivity index (χ3n) is 4.20. The molecule has 0 atom stereocenters. The highest BCUT2D eigenvalue weighted by atomic mass is 16.3. The number of aliphatic hydroxyl groups excluding tert-OH is 1. The Kier molecular flexibility index (Phi) is 5.23. The number of nitrogens with one attached hydrogen (secondary N) is 2. The van der Waals surface area contributed by atoms with Crippen molar-refractivity contribution >= 4 is 11.7 Å². The van der Waals surface area contributed by atoms with Gasteiger partial charge in [-0.3, -0.25) is 0 Å². The first-order valence-corrected chi connectivity index (χ1v) is 7.82. The molecule has 4 nitrogen and oxygen atoms in total. The molecule has 116 valence electrons. The van der Waals surface area contributed by atoms with Crippen LogP contribution in [0, 0.1) is 6.92 Å². The lowest BCUT2D eigenvalue weighted by Crippen LogP contribution is -2.41. The first kappa shape index (κ1) is 15.8. The molecule has 21 heavy (non-hydrogen) atoms. The summed E-state index contributed by atoms with van der Waals surface area (Å²) in [6, 6.07) is 6.12. The molecular formula is C17H26N2O2. The Balaban J connectivity index is 2.00. The van der Waals surface area contributed by atoms with Crippen molar-refractivity contribution in [3.8, 4) is 0 Å². The molecule has 2 rings (SSSR count). The Hall–Kier alpha value is -1.55. The zero-order valence-corrected chi connectivity index (χ0v) is 13.1. The summed E-state index contributed by atoms with van der Waals surface area (Å²) in [4.78, 5) is 12.2. The predicted molar refractivity (Wildman–Crippen MR) is 85.7 cm³/mol. The number of hydrogen-bond donors (Lipinski definition) is 3. The van der Waals surface area contributed by atoms with Gasteiger partial charge < -0.3 is 15.7 Å². The minimum atomic E-state index is -0.199. The Morgan fingerprint density at radius 3 is 2.52 bits per heavy atom. The van der Waals surface area contributed by atoms with Gasteiger partial charge in [0.25, 0.3) is 0 Å². The largest absolute Gasteiger partial charge is 0.393 e. The van der Waals surface area contributed by atoms with E-state index in [2.05, 4.69) is 30.5 Å². The van der Waals surface area contributed by atoms with Gasteiger partial charge in [0.15, 0.2) is 0 Å². The molecule has 0 unspecified atom stereocenters. The van der Waals surface area contributed by atoms with Gasteiger partial charge in [0.05, 0.1) is 6.10 Å². The van der Waals surface area contributed by atoms with Gasteiger partial charge >= 0.3 is 6.03 Å². The van der Waals surface area contributed by atoms with E-state index in [0.29, 0.717) is 5.92 Å². The summed E-state index contributed by atoms with van der Waals surface area (Å²) in [7, 11) is 0. The van der Waals surface area contributed by atoms with Crippen LogP contribution in [-0.2, 0) is 0 Å². The Morgan fingerprint density at radius 1 is 1.24 bits per heavy atom. The molecule has 1 aromatic carbocycles. The highest BCUT2D eigenvalue weighted by Gasteiger charge is 2.21. The van der Waals surface area contributed by atoms with Crippen LogP contribution in [0.3, 0.4) is 0 Å². The molecule has 1 aliphatic carbocycles. The number of rotatable bonds is 3. The van der Waals surface area contributed by atoms with E-state index in [-0.39, 0.29) is 18.2 Å². The third kappa shape index (κ3) is 4.21. The monoisotopic (exact) mass is 290 g/mol. The van der Waals surface area contributed by atoms with E-state index in [1.165, 1.54) is 0 Å². The highest BCUT2D eigenvalue weighted by Crippen LogP contribution is 2.27. The lowest BCUT2D eigenvalue weighted by molar-refractivity contribution is 0.118. The minimum Gasteiger partial charge on any atom is -0.393 e. The summed E-state index contributed by atoms with van der Waals surface area (Å²) in [6.07, 6.45) is 3.03. The zero-order valence-electron chi connectivity index (χ0n) is 13.1. The number of benzene rings is 1. The second-order valence-corrected chi connectivity index (χ2v) is 6.30. The average molecular weight is 290 g/mol. The van der Waals surface area contributed by atoms with Crippen molar-refractivity contribution in [3.63, 3.8) is 0 Å².